The zero-order valence-electron chi connectivity index (χ0n) is 12.4. The highest BCUT2D eigenvalue weighted by Crippen LogP contribution is 2.40. The second-order valence-corrected chi connectivity index (χ2v) is 7.06. The molecular weight excluding hydrogens is 292 g/mol. The van der Waals surface area contributed by atoms with Crippen molar-refractivity contribution in [2.24, 2.45) is 0 Å². The van der Waals surface area contributed by atoms with E-state index in [4.69, 9.17) is 16.3 Å². The molecule has 1 aromatic rings. The summed E-state index contributed by atoms with van der Waals surface area (Å²) in [7, 11) is 0. The van der Waals surface area contributed by atoms with Crippen LogP contribution in [0.4, 0.5) is 4.79 Å². The lowest BCUT2D eigenvalue weighted by Gasteiger charge is -2.34. The monoisotopic (exact) mass is 310 g/mol. The Balaban J connectivity index is 1.79. The largest absolute Gasteiger partial charge is 0.444 e. The predicted octanol–water partition coefficient (Wildman–Crippen LogP) is 1.94. The van der Waals surface area contributed by atoms with Crippen molar-refractivity contribution in [3.63, 3.8) is 0 Å². The summed E-state index contributed by atoms with van der Waals surface area (Å²) in [6, 6.07) is 3.73. The molecule has 2 aliphatic rings. The Kier molecular flexibility index (Phi) is 3.33. The molecule has 0 spiro atoms. The summed E-state index contributed by atoms with van der Waals surface area (Å²) in [6.07, 6.45) is 0.556. The van der Waals surface area contributed by atoms with E-state index in [1.165, 1.54) is 0 Å². The number of hydrogen-bond acceptors (Lipinski definition) is 5. The van der Waals surface area contributed by atoms with E-state index in [1.807, 2.05) is 26.8 Å². The van der Waals surface area contributed by atoms with Crippen LogP contribution in [-0.2, 0) is 10.3 Å². The molecule has 1 aromatic heterocycles. The standard InChI is InChI=1S/C14H19ClN4O2/c1-13(2,3)21-12(20)19-8-14(6-9(19)7-16-14)10-4-5-11(15)18-17-10/h4-5,9,16H,6-8H2,1-3H3/t9-,14-/m0/s1. The van der Waals surface area contributed by atoms with Gasteiger partial charge in [0, 0.05) is 19.1 Å². The van der Waals surface area contributed by atoms with Crippen LogP contribution in [0, 0.1) is 0 Å². The molecule has 2 fully saturated rings. The highest BCUT2D eigenvalue weighted by Gasteiger charge is 2.53. The molecule has 21 heavy (non-hydrogen) atoms. The molecule has 0 radical (unpaired) electrons. The van der Waals surface area contributed by atoms with E-state index < -0.39 is 5.60 Å². The summed E-state index contributed by atoms with van der Waals surface area (Å²) >= 11 is 5.79. The second-order valence-electron chi connectivity index (χ2n) is 6.67. The van der Waals surface area contributed by atoms with Crippen molar-refractivity contribution in [1.29, 1.82) is 0 Å². The molecule has 0 aliphatic carbocycles. The number of aromatic nitrogens is 2. The van der Waals surface area contributed by atoms with E-state index >= 15 is 0 Å². The number of hydrogen-bond donors (Lipinski definition) is 1. The van der Waals surface area contributed by atoms with Gasteiger partial charge in [0.1, 0.15) is 5.60 Å². The number of rotatable bonds is 1. The van der Waals surface area contributed by atoms with E-state index in [-0.39, 0.29) is 17.7 Å². The summed E-state index contributed by atoms with van der Waals surface area (Å²) in [6.45, 7) is 6.90. The summed E-state index contributed by atoms with van der Waals surface area (Å²) in [5.41, 5.74) is -0.000819. The maximum atomic E-state index is 12.3. The Morgan fingerprint density at radius 1 is 1.48 bits per heavy atom. The third-order valence-electron chi connectivity index (χ3n) is 3.89. The minimum absolute atomic E-state index is 0.136. The molecule has 2 saturated heterocycles. The Bertz CT molecular complexity index is 557. The number of amides is 1. The van der Waals surface area contributed by atoms with E-state index in [2.05, 4.69) is 15.5 Å². The lowest BCUT2D eigenvalue weighted by Crippen LogP contribution is -2.52. The van der Waals surface area contributed by atoms with Gasteiger partial charge in [0.25, 0.3) is 0 Å². The van der Waals surface area contributed by atoms with Gasteiger partial charge in [-0.25, -0.2) is 4.79 Å². The van der Waals surface area contributed by atoms with E-state index in [9.17, 15) is 4.79 Å². The van der Waals surface area contributed by atoms with Crippen LogP contribution < -0.4 is 5.32 Å². The molecule has 1 amide bonds. The molecule has 3 rings (SSSR count). The van der Waals surface area contributed by atoms with Gasteiger partial charge >= 0.3 is 6.09 Å². The smallest absolute Gasteiger partial charge is 0.410 e. The summed E-state index contributed by atoms with van der Waals surface area (Å²) < 4.78 is 5.48. The molecule has 1 N–H and O–H groups in total. The van der Waals surface area contributed by atoms with Crippen LogP contribution in [0.15, 0.2) is 12.1 Å². The first-order valence-electron chi connectivity index (χ1n) is 7.03. The van der Waals surface area contributed by atoms with Crippen LogP contribution in [0.25, 0.3) is 0 Å². The molecule has 2 bridgehead atoms. The highest BCUT2D eigenvalue weighted by molar-refractivity contribution is 6.29. The van der Waals surface area contributed by atoms with Crippen molar-refractivity contribution < 1.29 is 9.53 Å². The predicted molar refractivity (Wildman–Crippen MR) is 78.1 cm³/mol. The number of nitrogens with zero attached hydrogens (tertiary/aromatic N) is 3. The van der Waals surface area contributed by atoms with Gasteiger partial charge in [-0.15, -0.1) is 5.10 Å². The van der Waals surface area contributed by atoms with Crippen LogP contribution in [0.3, 0.4) is 0 Å². The number of ether oxygens (including phenoxy) is 1. The van der Waals surface area contributed by atoms with Crippen molar-refractivity contribution >= 4 is 17.7 Å². The van der Waals surface area contributed by atoms with Gasteiger partial charge in [-0.1, -0.05) is 11.6 Å². The molecule has 0 saturated carbocycles. The van der Waals surface area contributed by atoms with E-state index in [0.717, 1.165) is 18.7 Å². The average molecular weight is 311 g/mol. The highest BCUT2D eigenvalue weighted by atomic mass is 35.5. The fraction of sp³-hybridized carbons (Fsp3) is 0.643. The lowest BCUT2D eigenvalue weighted by molar-refractivity contribution is 0.0181. The van der Waals surface area contributed by atoms with E-state index in [1.54, 1.807) is 11.0 Å². The molecule has 2 aliphatic heterocycles. The minimum Gasteiger partial charge on any atom is -0.444 e. The lowest BCUT2D eigenvalue weighted by atomic mass is 9.95. The normalized spacial score (nSPS) is 28.0. The van der Waals surface area contributed by atoms with Crippen LogP contribution in [0.2, 0.25) is 5.15 Å². The van der Waals surface area contributed by atoms with Crippen molar-refractivity contribution in [2.45, 2.75) is 44.4 Å². The maximum absolute atomic E-state index is 12.3. The van der Waals surface area contributed by atoms with Crippen molar-refractivity contribution in [3.8, 4) is 0 Å². The molecule has 3 heterocycles. The summed E-state index contributed by atoms with van der Waals surface area (Å²) in [5, 5.41) is 11.9. The topological polar surface area (TPSA) is 67.3 Å². The zero-order valence-corrected chi connectivity index (χ0v) is 13.1. The van der Waals surface area contributed by atoms with Crippen molar-refractivity contribution in [1.82, 2.24) is 20.4 Å². The summed E-state index contributed by atoms with van der Waals surface area (Å²) in [4.78, 5) is 14.1. The number of halogens is 1. The molecule has 2 atom stereocenters. The average Bonchev–Trinajstić information content (AvgIpc) is 2.96. The first kappa shape index (κ1) is 14.5. The molecule has 7 heteroatoms. The van der Waals surface area contributed by atoms with Crippen LogP contribution in [-0.4, -0.2) is 45.9 Å². The Hall–Kier alpha value is -1.40. The van der Waals surface area contributed by atoms with Gasteiger partial charge in [0.05, 0.1) is 11.2 Å². The van der Waals surface area contributed by atoms with Crippen molar-refractivity contribution in [3.05, 3.63) is 23.0 Å². The molecule has 6 nitrogen and oxygen atoms in total. The number of carbonyl (C=O) groups is 1. The van der Waals surface area contributed by atoms with Crippen LogP contribution >= 0.6 is 11.6 Å². The third-order valence-corrected chi connectivity index (χ3v) is 4.09. The van der Waals surface area contributed by atoms with Gasteiger partial charge in [-0.2, -0.15) is 5.10 Å². The SMILES string of the molecule is CC(C)(C)OC(=O)N1C[C@]2(c3ccc(Cl)nn3)C[C@H]1CN2. The van der Waals surface area contributed by atoms with Crippen molar-refractivity contribution in [2.75, 3.05) is 13.1 Å². The summed E-state index contributed by atoms with van der Waals surface area (Å²) in [5.74, 6) is 0. The zero-order chi connectivity index (χ0) is 15.3. The fourth-order valence-electron chi connectivity index (χ4n) is 3.00. The van der Waals surface area contributed by atoms with Crippen LogP contribution in [0.5, 0.6) is 0 Å². The van der Waals surface area contributed by atoms with E-state index in [0.29, 0.717) is 11.7 Å². The number of fused-ring (bicyclic) bond motifs is 2. The Morgan fingerprint density at radius 3 is 2.86 bits per heavy atom. The van der Waals surface area contributed by atoms with Gasteiger partial charge in [0.2, 0.25) is 0 Å². The van der Waals surface area contributed by atoms with Gasteiger partial charge in [-0.3, -0.25) is 0 Å². The first-order chi connectivity index (χ1) is 9.79. The Morgan fingerprint density at radius 2 is 2.24 bits per heavy atom. The minimum atomic E-state index is -0.487. The quantitative estimate of drug-likeness (QED) is 0.858. The third kappa shape index (κ3) is 2.70. The van der Waals surface area contributed by atoms with Gasteiger partial charge in [0.15, 0.2) is 5.15 Å². The molecule has 114 valence electrons. The second kappa shape index (κ2) is 4.81. The Labute approximate surface area is 128 Å². The number of carbonyl (C=O) groups excluding carboxylic acids is 1. The molecule has 0 aromatic carbocycles. The van der Waals surface area contributed by atoms with Gasteiger partial charge in [-0.05, 0) is 39.3 Å². The first-order valence-corrected chi connectivity index (χ1v) is 7.41. The number of piperazine rings is 1. The number of likely N-dealkylation sites (tertiary alicyclic amines) is 1. The fourth-order valence-corrected chi connectivity index (χ4v) is 3.10. The van der Waals surface area contributed by atoms with Crippen LogP contribution in [0.1, 0.15) is 32.9 Å². The molecular formula is C14H19ClN4O2. The number of nitrogens with one attached hydrogen (secondary N) is 1. The molecule has 0 unspecified atom stereocenters. The van der Waals surface area contributed by atoms with Gasteiger partial charge < -0.3 is 15.0 Å². The maximum Gasteiger partial charge on any atom is 0.410 e.